The summed E-state index contributed by atoms with van der Waals surface area (Å²) in [6.45, 7) is 2.51. The summed E-state index contributed by atoms with van der Waals surface area (Å²) in [7, 11) is 0. The Labute approximate surface area is 177 Å². The highest BCUT2D eigenvalue weighted by Gasteiger charge is 2.53. The maximum absolute atomic E-state index is 13.3. The summed E-state index contributed by atoms with van der Waals surface area (Å²) in [4.78, 5) is 15.4. The molecule has 3 aromatic rings. The van der Waals surface area contributed by atoms with E-state index >= 15 is 0 Å². The Balaban J connectivity index is 1.19. The van der Waals surface area contributed by atoms with Crippen molar-refractivity contribution in [1.82, 2.24) is 19.7 Å². The minimum absolute atomic E-state index is 0.246. The van der Waals surface area contributed by atoms with Crippen LogP contribution in [0, 0.1) is 5.92 Å². The lowest BCUT2D eigenvalue weighted by molar-refractivity contribution is -0.135. The Hall–Kier alpha value is -2.95. The van der Waals surface area contributed by atoms with Crippen LogP contribution in [0.25, 0.3) is 0 Å². The fraction of sp³-hybridized carbons (Fsp3) is 0.400. The van der Waals surface area contributed by atoms with E-state index in [9.17, 15) is 4.79 Å². The van der Waals surface area contributed by atoms with Crippen molar-refractivity contribution in [3.63, 3.8) is 0 Å². The lowest BCUT2D eigenvalue weighted by Crippen LogP contribution is -2.44. The van der Waals surface area contributed by atoms with Gasteiger partial charge in [-0.2, -0.15) is 0 Å². The average molecular weight is 401 g/mol. The molecule has 5 rings (SSSR count). The Morgan fingerprint density at radius 1 is 0.967 bits per heavy atom. The normalized spacial score (nSPS) is 18.3. The van der Waals surface area contributed by atoms with Gasteiger partial charge in [-0.05, 0) is 42.7 Å². The summed E-state index contributed by atoms with van der Waals surface area (Å²) in [5.74, 6) is 1.94. The van der Waals surface area contributed by atoms with Crippen molar-refractivity contribution < 1.29 is 4.79 Å². The zero-order valence-electron chi connectivity index (χ0n) is 17.3. The second-order valence-corrected chi connectivity index (χ2v) is 8.75. The second-order valence-electron chi connectivity index (χ2n) is 8.75. The van der Waals surface area contributed by atoms with Gasteiger partial charge in [0.1, 0.15) is 12.2 Å². The van der Waals surface area contributed by atoms with Crippen molar-refractivity contribution in [2.24, 2.45) is 5.92 Å². The standard InChI is InChI=1S/C25H28N4O/c30-24(25(13-14-25)22-9-5-2-6-10-22)28-15-11-20(12-16-28)17-23-27-26-19-29(23)18-21-7-3-1-4-8-21/h1-10,19-20H,11-18H2. The van der Waals surface area contributed by atoms with Crippen molar-refractivity contribution in [2.75, 3.05) is 13.1 Å². The molecule has 0 spiro atoms. The van der Waals surface area contributed by atoms with E-state index in [1.54, 1.807) is 0 Å². The van der Waals surface area contributed by atoms with Gasteiger partial charge in [0, 0.05) is 19.5 Å². The first kappa shape index (κ1) is 19.0. The molecular formula is C25H28N4O. The molecule has 0 unspecified atom stereocenters. The van der Waals surface area contributed by atoms with Crippen LogP contribution in [0.2, 0.25) is 0 Å². The molecule has 1 aromatic heterocycles. The maximum atomic E-state index is 13.3. The van der Waals surface area contributed by atoms with Crippen LogP contribution in [0.3, 0.4) is 0 Å². The first-order chi connectivity index (χ1) is 14.7. The lowest BCUT2D eigenvalue weighted by atomic mass is 9.90. The van der Waals surface area contributed by atoms with Crippen LogP contribution in [-0.4, -0.2) is 38.7 Å². The number of carbonyl (C=O) groups is 1. The molecule has 2 aromatic carbocycles. The largest absolute Gasteiger partial charge is 0.342 e. The second kappa shape index (κ2) is 8.05. The molecule has 0 atom stereocenters. The van der Waals surface area contributed by atoms with Gasteiger partial charge < -0.3 is 9.47 Å². The van der Waals surface area contributed by atoms with Crippen LogP contribution in [0.5, 0.6) is 0 Å². The number of nitrogens with zero attached hydrogens (tertiary/aromatic N) is 4. The minimum atomic E-state index is -0.246. The van der Waals surface area contributed by atoms with Crippen LogP contribution in [0.4, 0.5) is 0 Å². The smallest absolute Gasteiger partial charge is 0.233 e. The molecule has 30 heavy (non-hydrogen) atoms. The molecular weight excluding hydrogens is 372 g/mol. The molecule has 1 aliphatic carbocycles. The molecule has 0 bridgehead atoms. The van der Waals surface area contributed by atoms with E-state index in [-0.39, 0.29) is 5.41 Å². The Bertz CT molecular complexity index is 986. The highest BCUT2D eigenvalue weighted by atomic mass is 16.2. The van der Waals surface area contributed by atoms with E-state index in [1.807, 2.05) is 30.6 Å². The van der Waals surface area contributed by atoms with Crippen molar-refractivity contribution in [3.8, 4) is 0 Å². The van der Waals surface area contributed by atoms with Gasteiger partial charge in [0.25, 0.3) is 0 Å². The third-order valence-electron chi connectivity index (χ3n) is 6.75. The number of piperidine rings is 1. The zero-order chi connectivity index (χ0) is 20.4. The molecule has 1 saturated carbocycles. The molecule has 1 aliphatic heterocycles. The average Bonchev–Trinajstić information content (AvgIpc) is 3.51. The molecule has 0 N–H and O–H groups in total. The molecule has 154 valence electrons. The molecule has 1 amide bonds. The van der Waals surface area contributed by atoms with Crippen molar-refractivity contribution >= 4 is 5.91 Å². The van der Waals surface area contributed by atoms with Gasteiger partial charge in [-0.25, -0.2) is 0 Å². The fourth-order valence-corrected chi connectivity index (χ4v) is 4.76. The monoisotopic (exact) mass is 400 g/mol. The van der Waals surface area contributed by atoms with Gasteiger partial charge in [-0.3, -0.25) is 4.79 Å². The Morgan fingerprint density at radius 2 is 1.63 bits per heavy atom. The SMILES string of the molecule is O=C(N1CCC(Cc2nncn2Cc2ccccc2)CC1)C1(c2ccccc2)CC1. The van der Waals surface area contributed by atoms with E-state index < -0.39 is 0 Å². The number of benzene rings is 2. The summed E-state index contributed by atoms with van der Waals surface area (Å²) in [6.07, 6.45) is 6.80. The number of carbonyl (C=O) groups excluding carboxylic acids is 1. The number of rotatable bonds is 6. The summed E-state index contributed by atoms with van der Waals surface area (Å²) in [5.41, 5.74) is 2.20. The van der Waals surface area contributed by atoms with E-state index in [2.05, 4.69) is 56.1 Å². The van der Waals surface area contributed by atoms with Gasteiger partial charge in [0.2, 0.25) is 5.91 Å². The van der Waals surface area contributed by atoms with Crippen molar-refractivity contribution in [1.29, 1.82) is 0 Å². The van der Waals surface area contributed by atoms with Gasteiger partial charge in [0.15, 0.2) is 0 Å². The topological polar surface area (TPSA) is 51.0 Å². The summed E-state index contributed by atoms with van der Waals surface area (Å²) < 4.78 is 2.15. The lowest BCUT2D eigenvalue weighted by Gasteiger charge is -2.34. The Morgan fingerprint density at radius 3 is 2.30 bits per heavy atom. The van der Waals surface area contributed by atoms with Gasteiger partial charge in [-0.15, -0.1) is 10.2 Å². The molecule has 1 saturated heterocycles. The van der Waals surface area contributed by atoms with E-state index in [1.165, 1.54) is 11.1 Å². The van der Waals surface area contributed by atoms with E-state index in [0.717, 1.165) is 57.6 Å². The number of likely N-dealkylation sites (tertiary alicyclic amines) is 1. The summed E-state index contributed by atoms with van der Waals surface area (Å²) >= 11 is 0. The molecule has 2 fully saturated rings. The Kier molecular flexibility index (Phi) is 5.11. The third-order valence-corrected chi connectivity index (χ3v) is 6.75. The van der Waals surface area contributed by atoms with E-state index in [4.69, 9.17) is 0 Å². The van der Waals surface area contributed by atoms with Crippen LogP contribution in [0.1, 0.15) is 42.6 Å². The number of hydrogen-bond donors (Lipinski definition) is 0. The van der Waals surface area contributed by atoms with Crippen molar-refractivity contribution in [2.45, 2.75) is 44.1 Å². The predicted octanol–water partition coefficient (Wildman–Crippen LogP) is 3.84. The van der Waals surface area contributed by atoms with Crippen LogP contribution < -0.4 is 0 Å². The maximum Gasteiger partial charge on any atom is 0.233 e. The highest BCUT2D eigenvalue weighted by molar-refractivity contribution is 5.91. The first-order valence-electron chi connectivity index (χ1n) is 11.0. The van der Waals surface area contributed by atoms with Gasteiger partial charge in [-0.1, -0.05) is 60.7 Å². The first-order valence-corrected chi connectivity index (χ1v) is 11.0. The quantitative estimate of drug-likeness (QED) is 0.632. The predicted molar refractivity (Wildman–Crippen MR) is 116 cm³/mol. The fourth-order valence-electron chi connectivity index (χ4n) is 4.76. The molecule has 5 nitrogen and oxygen atoms in total. The molecule has 5 heteroatoms. The summed E-state index contributed by atoms with van der Waals surface area (Å²) in [6, 6.07) is 20.8. The number of aromatic nitrogens is 3. The zero-order valence-corrected chi connectivity index (χ0v) is 17.3. The van der Waals surface area contributed by atoms with Crippen LogP contribution in [-0.2, 0) is 23.2 Å². The summed E-state index contributed by atoms with van der Waals surface area (Å²) in [5, 5.41) is 8.53. The highest BCUT2D eigenvalue weighted by Crippen LogP contribution is 2.49. The number of hydrogen-bond acceptors (Lipinski definition) is 3. The third kappa shape index (κ3) is 3.76. The molecule has 2 heterocycles. The van der Waals surface area contributed by atoms with Gasteiger partial charge >= 0.3 is 0 Å². The van der Waals surface area contributed by atoms with Crippen LogP contribution >= 0.6 is 0 Å². The minimum Gasteiger partial charge on any atom is -0.342 e. The van der Waals surface area contributed by atoms with E-state index in [0.29, 0.717) is 11.8 Å². The molecule has 2 aliphatic rings. The molecule has 0 radical (unpaired) electrons. The number of amides is 1. The van der Waals surface area contributed by atoms with Crippen molar-refractivity contribution in [3.05, 3.63) is 83.9 Å². The van der Waals surface area contributed by atoms with Gasteiger partial charge in [0.05, 0.1) is 12.0 Å². The van der Waals surface area contributed by atoms with Crippen LogP contribution in [0.15, 0.2) is 67.0 Å².